The number of carbonyl (C=O) groups excluding carboxylic acids is 10. The minimum Gasteiger partial charge on any atom is -0.481 e. The second-order valence-electron chi connectivity index (χ2n) is 25.2. The standard InChI is InChI=1S/C62H104BN13O20/c1-33(2)31-45(59(90)76-51(36(7)8)61(92)71-41(17-11-14-30-66)54(85)69-42(22-25-47(77)78)56(87)68-40(16-10-13-29-65)55(86)74-46(62(93)94)32-34(3)4)73-58(89)43(23-26-48(79)80)70-53(84)39(15-9-12-28-64)67-57(88)44(24-27-49(81)82)72-60(91)50(35(5)6)75-52(83)37-18-20-38(21-19-37)63(95)96/h18-21,33-36,39-46,50-51,95-96H,9-17,22-32,64-66H2,1-8H3,(H,67,88)(H,68,87)(H,69,85)(H,70,84)(H,71,92)(H,72,91)(H,73,89)(H,74,86)(H,75,83)(H,76,90)(H,77,78)(H,79,80)(H,81,82)(H,93,94)/t39-,40-,41-,42-,43-,44-,45-,46-,50-,51-/m0/s1. The van der Waals surface area contributed by atoms with Crippen LogP contribution in [0.25, 0.3) is 0 Å². The van der Waals surface area contributed by atoms with Gasteiger partial charge >= 0.3 is 31.0 Å². The van der Waals surface area contributed by atoms with Crippen LogP contribution in [0.4, 0.5) is 0 Å². The van der Waals surface area contributed by atoms with Gasteiger partial charge < -0.3 is 101 Å². The number of amides is 10. The average molecular weight is 1360 g/mol. The molecule has 96 heavy (non-hydrogen) atoms. The zero-order valence-corrected chi connectivity index (χ0v) is 56.2. The van der Waals surface area contributed by atoms with Crippen LogP contribution in [-0.4, -0.2) is 201 Å². The Morgan fingerprint density at radius 2 is 0.625 bits per heavy atom. The van der Waals surface area contributed by atoms with Crippen molar-refractivity contribution in [2.24, 2.45) is 40.9 Å². The predicted molar refractivity (Wildman–Crippen MR) is 350 cm³/mol. The molecule has 0 aliphatic rings. The number of hydrogen-bond donors (Lipinski definition) is 19. The van der Waals surface area contributed by atoms with E-state index in [4.69, 9.17) is 17.2 Å². The zero-order valence-electron chi connectivity index (χ0n) is 56.2. The van der Waals surface area contributed by atoms with E-state index < -0.39 is 201 Å². The molecule has 22 N–H and O–H groups in total. The van der Waals surface area contributed by atoms with Gasteiger partial charge in [-0.25, -0.2) is 4.79 Å². The lowest BCUT2D eigenvalue weighted by Crippen LogP contribution is -2.61. The lowest BCUT2D eigenvalue weighted by Gasteiger charge is -2.30. The molecule has 10 amide bonds. The van der Waals surface area contributed by atoms with Gasteiger partial charge in [0.05, 0.1) is 0 Å². The molecule has 34 heteroatoms. The number of unbranched alkanes of at least 4 members (excludes halogenated alkanes) is 3. The van der Waals surface area contributed by atoms with Crippen molar-refractivity contribution >= 4 is 95.5 Å². The highest BCUT2D eigenvalue weighted by atomic mass is 16.4. The van der Waals surface area contributed by atoms with Crippen LogP contribution in [0, 0.1) is 23.7 Å². The molecule has 0 aromatic heterocycles. The quantitative estimate of drug-likeness (QED) is 0.0233. The van der Waals surface area contributed by atoms with Gasteiger partial charge in [0.15, 0.2) is 0 Å². The molecule has 0 unspecified atom stereocenters. The Bertz CT molecular complexity index is 2740. The molecule has 0 bridgehead atoms. The molecule has 1 aromatic rings. The zero-order chi connectivity index (χ0) is 72.9. The molecule has 1 aromatic carbocycles. The summed E-state index contributed by atoms with van der Waals surface area (Å²) in [5, 5.41) is 82.9. The third-order valence-corrected chi connectivity index (χ3v) is 15.2. The van der Waals surface area contributed by atoms with Crippen molar-refractivity contribution in [3.63, 3.8) is 0 Å². The molecule has 10 atom stereocenters. The number of nitrogens with two attached hydrogens (primary N) is 3. The van der Waals surface area contributed by atoms with Crippen molar-refractivity contribution in [1.82, 2.24) is 53.2 Å². The molecule has 0 spiro atoms. The molecule has 33 nitrogen and oxygen atoms in total. The van der Waals surface area contributed by atoms with Crippen LogP contribution in [0.5, 0.6) is 0 Å². The van der Waals surface area contributed by atoms with Crippen LogP contribution >= 0.6 is 0 Å². The van der Waals surface area contributed by atoms with Crippen molar-refractivity contribution in [2.75, 3.05) is 19.6 Å². The second kappa shape index (κ2) is 45.2. The van der Waals surface area contributed by atoms with E-state index in [0.717, 1.165) is 0 Å². The molecule has 0 fully saturated rings. The van der Waals surface area contributed by atoms with Crippen molar-refractivity contribution in [3.05, 3.63) is 29.8 Å². The molecule has 0 aliphatic heterocycles. The van der Waals surface area contributed by atoms with Gasteiger partial charge in [-0.3, -0.25) is 62.3 Å². The summed E-state index contributed by atoms with van der Waals surface area (Å²) in [6, 6.07) is -9.80. The summed E-state index contributed by atoms with van der Waals surface area (Å²) in [5.74, 6) is -16.8. The van der Waals surface area contributed by atoms with Crippen molar-refractivity contribution in [2.45, 2.75) is 225 Å². The van der Waals surface area contributed by atoms with Gasteiger partial charge in [0.1, 0.15) is 60.4 Å². The van der Waals surface area contributed by atoms with Crippen LogP contribution in [0.15, 0.2) is 24.3 Å². The molecule has 0 radical (unpaired) electrons. The van der Waals surface area contributed by atoms with Crippen molar-refractivity contribution in [3.8, 4) is 0 Å². The van der Waals surface area contributed by atoms with Gasteiger partial charge in [-0.1, -0.05) is 67.5 Å². The fraction of sp³-hybridized carbons (Fsp3) is 0.677. The van der Waals surface area contributed by atoms with Crippen LogP contribution in [-0.2, 0) is 62.3 Å². The number of benzene rings is 1. The topological polar surface area (TPSA) is 559 Å². The molecule has 0 saturated carbocycles. The summed E-state index contributed by atoms with van der Waals surface area (Å²) >= 11 is 0. The molecule has 1 rings (SSSR count). The number of rotatable bonds is 49. The number of hydrogen-bond acceptors (Lipinski definition) is 19. The summed E-state index contributed by atoms with van der Waals surface area (Å²) in [6.07, 6.45) is -2.10. The van der Waals surface area contributed by atoms with Crippen LogP contribution in [0.2, 0.25) is 0 Å². The predicted octanol–water partition coefficient (Wildman–Crippen LogP) is -2.70. The van der Waals surface area contributed by atoms with E-state index in [0.29, 0.717) is 25.7 Å². The summed E-state index contributed by atoms with van der Waals surface area (Å²) in [5.41, 5.74) is 17.3. The Balaban J connectivity index is 3.64. The maximum atomic E-state index is 14.4. The van der Waals surface area contributed by atoms with Crippen molar-refractivity contribution < 1.29 is 97.6 Å². The number of carboxylic acids is 4. The highest BCUT2D eigenvalue weighted by molar-refractivity contribution is 6.58. The SMILES string of the molecule is CC(C)C[C@H](NC(=O)[C@H](CCCCN)NC(=O)[C@H](CCC(=O)O)NC(=O)[C@H](CCCCN)NC(=O)[C@@H](NC(=O)[C@H](CC(C)C)NC(=O)[C@H](CCC(=O)O)NC(=O)[C@H](CCCCN)NC(=O)[C@H](CCC(=O)O)NC(=O)[C@@H](NC(=O)c1ccc(B(O)O)cc1)C(C)C)C(C)C)C(=O)O. The molecule has 0 heterocycles. The van der Waals surface area contributed by atoms with Crippen LogP contribution < -0.4 is 75.8 Å². The Morgan fingerprint density at radius 3 is 0.906 bits per heavy atom. The van der Waals surface area contributed by atoms with E-state index in [1.807, 2.05) is 0 Å². The maximum absolute atomic E-state index is 14.4. The number of carboxylic acid groups (broad SMARTS) is 4. The van der Waals surface area contributed by atoms with Gasteiger partial charge in [-0.15, -0.1) is 0 Å². The fourth-order valence-corrected chi connectivity index (χ4v) is 9.80. The van der Waals surface area contributed by atoms with Crippen molar-refractivity contribution in [1.29, 1.82) is 0 Å². The molecule has 0 aliphatic carbocycles. The minimum atomic E-state index is -1.82. The third-order valence-electron chi connectivity index (χ3n) is 15.2. The Hall–Kier alpha value is -8.34. The monoisotopic (exact) mass is 1360 g/mol. The number of carbonyl (C=O) groups is 14. The van der Waals surface area contributed by atoms with E-state index in [-0.39, 0.29) is 87.4 Å². The Labute approximate surface area is 559 Å². The summed E-state index contributed by atoms with van der Waals surface area (Å²) in [4.78, 5) is 188. The van der Waals surface area contributed by atoms with E-state index >= 15 is 0 Å². The maximum Gasteiger partial charge on any atom is 0.488 e. The van der Waals surface area contributed by atoms with Gasteiger partial charge in [0, 0.05) is 24.8 Å². The van der Waals surface area contributed by atoms with E-state index in [1.54, 1.807) is 55.4 Å². The number of aliphatic carboxylic acids is 4. The van der Waals surface area contributed by atoms with Gasteiger partial charge in [-0.2, -0.15) is 0 Å². The largest absolute Gasteiger partial charge is 0.488 e. The van der Waals surface area contributed by atoms with E-state index in [2.05, 4.69) is 53.2 Å². The first-order valence-corrected chi connectivity index (χ1v) is 32.6. The first-order chi connectivity index (χ1) is 45.1. The smallest absolute Gasteiger partial charge is 0.481 e. The average Bonchev–Trinajstić information content (AvgIpc) is 0.913. The first-order valence-electron chi connectivity index (χ1n) is 32.6. The fourth-order valence-electron chi connectivity index (χ4n) is 9.80. The first kappa shape index (κ1) is 85.7. The second-order valence-corrected chi connectivity index (χ2v) is 25.2. The highest BCUT2D eigenvalue weighted by Gasteiger charge is 2.38. The van der Waals surface area contributed by atoms with Gasteiger partial charge in [-0.05, 0) is 151 Å². The molecular weight excluding hydrogens is 1260 g/mol. The molecule has 0 saturated heterocycles. The van der Waals surface area contributed by atoms with E-state index in [9.17, 15) is 97.6 Å². The Morgan fingerprint density at radius 1 is 0.354 bits per heavy atom. The van der Waals surface area contributed by atoms with E-state index in [1.165, 1.54) is 24.3 Å². The number of nitrogens with one attached hydrogen (secondary N) is 10. The summed E-state index contributed by atoms with van der Waals surface area (Å²) in [7, 11) is -1.82. The lowest BCUT2D eigenvalue weighted by molar-refractivity contribution is -0.143. The van der Waals surface area contributed by atoms with Crippen LogP contribution in [0.1, 0.15) is 175 Å². The highest BCUT2D eigenvalue weighted by Crippen LogP contribution is 2.15. The van der Waals surface area contributed by atoms with Gasteiger partial charge in [0.2, 0.25) is 53.2 Å². The molecular formula is C62H104BN13O20. The normalized spacial score (nSPS) is 14.4. The minimum absolute atomic E-state index is 0.0118. The third kappa shape index (κ3) is 33.4. The van der Waals surface area contributed by atoms with Crippen LogP contribution in [0.3, 0.4) is 0 Å². The molecule has 540 valence electrons. The Kier molecular flexibility index (Phi) is 40.3. The summed E-state index contributed by atoms with van der Waals surface area (Å²) < 4.78 is 0. The summed E-state index contributed by atoms with van der Waals surface area (Å²) in [6.45, 7) is 13.7. The van der Waals surface area contributed by atoms with Gasteiger partial charge in [0.25, 0.3) is 5.91 Å². The lowest BCUT2D eigenvalue weighted by atomic mass is 9.80.